The number of amides is 1. The Hall–Kier alpha value is -3.97. The van der Waals surface area contributed by atoms with Crippen LogP contribution >= 0.6 is 11.6 Å². The molecule has 0 saturated heterocycles. The largest absolute Gasteiger partial charge is 0.340 e. The van der Waals surface area contributed by atoms with E-state index in [9.17, 15) is 4.79 Å². The van der Waals surface area contributed by atoms with Crippen molar-refractivity contribution >= 4 is 46.3 Å². The Balaban J connectivity index is 1.39. The highest BCUT2D eigenvalue weighted by Gasteiger charge is 2.06. The minimum Gasteiger partial charge on any atom is -0.340 e. The van der Waals surface area contributed by atoms with Gasteiger partial charge in [-0.05, 0) is 60.7 Å². The minimum absolute atomic E-state index is 0.201. The van der Waals surface area contributed by atoms with Crippen LogP contribution in [0.15, 0.2) is 85.3 Å². The van der Waals surface area contributed by atoms with E-state index in [0.717, 1.165) is 5.69 Å². The van der Waals surface area contributed by atoms with Gasteiger partial charge in [-0.25, -0.2) is 15.0 Å². The molecule has 0 spiro atoms. The maximum Gasteiger partial charge on any atom is 0.255 e. The van der Waals surface area contributed by atoms with E-state index in [0.29, 0.717) is 33.7 Å². The standard InChI is InChI=1S/C22H17ClN6O/c23-16-6-4-15(5-7-16)22(30)28-18-10-8-17(9-11-18)27-20-13-21(26-14-25-20)29-19-3-1-2-12-24-19/h1-14H,(H,28,30)(H2,24,25,26,27,29). The van der Waals surface area contributed by atoms with Crippen LogP contribution < -0.4 is 16.0 Å². The number of carbonyl (C=O) groups is 1. The van der Waals surface area contributed by atoms with E-state index >= 15 is 0 Å². The Kier molecular flexibility index (Phi) is 5.82. The Bertz CT molecular complexity index is 1130. The molecule has 4 aromatic rings. The summed E-state index contributed by atoms with van der Waals surface area (Å²) in [6.45, 7) is 0. The number of benzene rings is 2. The molecule has 0 bridgehead atoms. The van der Waals surface area contributed by atoms with Crippen molar-refractivity contribution in [3.8, 4) is 0 Å². The molecule has 0 aliphatic heterocycles. The van der Waals surface area contributed by atoms with Crippen molar-refractivity contribution in [2.75, 3.05) is 16.0 Å². The van der Waals surface area contributed by atoms with Crippen LogP contribution in [-0.2, 0) is 0 Å². The van der Waals surface area contributed by atoms with E-state index in [1.807, 2.05) is 42.5 Å². The van der Waals surface area contributed by atoms with Gasteiger partial charge < -0.3 is 16.0 Å². The third kappa shape index (κ3) is 5.09. The molecule has 0 saturated carbocycles. The SMILES string of the molecule is O=C(Nc1ccc(Nc2cc(Nc3ccccn3)ncn2)cc1)c1ccc(Cl)cc1. The second-order valence-electron chi connectivity index (χ2n) is 6.29. The second kappa shape index (κ2) is 9.02. The molecule has 2 aromatic carbocycles. The zero-order chi connectivity index (χ0) is 20.8. The van der Waals surface area contributed by atoms with Crippen LogP contribution in [-0.4, -0.2) is 20.9 Å². The molecule has 0 unspecified atom stereocenters. The molecule has 0 fully saturated rings. The van der Waals surface area contributed by atoms with Crippen LogP contribution in [0.25, 0.3) is 0 Å². The summed E-state index contributed by atoms with van der Waals surface area (Å²) in [5, 5.41) is 9.77. The number of hydrogen-bond donors (Lipinski definition) is 3. The zero-order valence-corrected chi connectivity index (χ0v) is 16.5. The van der Waals surface area contributed by atoms with Gasteiger partial charge in [0.05, 0.1) is 0 Å². The van der Waals surface area contributed by atoms with E-state index in [2.05, 4.69) is 30.9 Å². The highest BCUT2D eigenvalue weighted by Crippen LogP contribution is 2.20. The average Bonchev–Trinajstić information content (AvgIpc) is 2.76. The molecule has 148 valence electrons. The van der Waals surface area contributed by atoms with Crippen LogP contribution in [0.4, 0.5) is 28.8 Å². The zero-order valence-electron chi connectivity index (χ0n) is 15.7. The number of halogens is 1. The van der Waals surface area contributed by atoms with Gasteiger partial charge in [-0.1, -0.05) is 17.7 Å². The first kappa shape index (κ1) is 19.4. The molecule has 0 aliphatic rings. The number of aromatic nitrogens is 3. The maximum absolute atomic E-state index is 12.3. The molecule has 0 atom stereocenters. The van der Waals surface area contributed by atoms with Crippen molar-refractivity contribution in [1.82, 2.24) is 15.0 Å². The summed E-state index contributed by atoms with van der Waals surface area (Å²) in [7, 11) is 0. The minimum atomic E-state index is -0.201. The van der Waals surface area contributed by atoms with Gasteiger partial charge >= 0.3 is 0 Å². The molecule has 1 amide bonds. The summed E-state index contributed by atoms with van der Waals surface area (Å²) in [6.07, 6.45) is 3.17. The molecule has 0 aliphatic carbocycles. The Morgan fingerprint density at radius 1 is 0.733 bits per heavy atom. The van der Waals surface area contributed by atoms with Crippen molar-refractivity contribution < 1.29 is 4.79 Å². The molecule has 3 N–H and O–H groups in total. The van der Waals surface area contributed by atoms with Crippen molar-refractivity contribution in [2.24, 2.45) is 0 Å². The number of carbonyl (C=O) groups excluding carboxylic acids is 1. The van der Waals surface area contributed by atoms with Crippen LogP contribution in [0.5, 0.6) is 0 Å². The first-order valence-corrected chi connectivity index (χ1v) is 9.48. The summed E-state index contributed by atoms with van der Waals surface area (Å²) in [6, 6.07) is 21.4. The number of nitrogens with one attached hydrogen (secondary N) is 3. The first-order valence-electron chi connectivity index (χ1n) is 9.10. The van der Waals surface area contributed by atoms with Gasteiger partial charge in [0.25, 0.3) is 5.91 Å². The fourth-order valence-electron chi connectivity index (χ4n) is 2.65. The van der Waals surface area contributed by atoms with Crippen molar-refractivity contribution in [1.29, 1.82) is 0 Å². The van der Waals surface area contributed by atoms with Crippen molar-refractivity contribution in [2.45, 2.75) is 0 Å². The predicted molar refractivity (Wildman–Crippen MR) is 119 cm³/mol. The summed E-state index contributed by atoms with van der Waals surface area (Å²) in [5.74, 6) is 1.75. The van der Waals surface area contributed by atoms with Gasteiger partial charge in [-0.15, -0.1) is 0 Å². The fraction of sp³-hybridized carbons (Fsp3) is 0. The van der Waals surface area contributed by atoms with E-state index in [4.69, 9.17) is 11.6 Å². The molecule has 0 radical (unpaired) electrons. The lowest BCUT2D eigenvalue weighted by Gasteiger charge is -2.10. The van der Waals surface area contributed by atoms with E-state index in [-0.39, 0.29) is 5.91 Å². The van der Waals surface area contributed by atoms with Crippen molar-refractivity contribution in [3.05, 3.63) is 95.9 Å². The third-order valence-corrected chi connectivity index (χ3v) is 4.36. The lowest BCUT2D eigenvalue weighted by Crippen LogP contribution is -2.11. The average molecular weight is 417 g/mol. The van der Waals surface area contributed by atoms with E-state index in [1.165, 1.54) is 6.33 Å². The van der Waals surface area contributed by atoms with Crippen molar-refractivity contribution in [3.63, 3.8) is 0 Å². The van der Waals surface area contributed by atoms with Gasteiger partial charge in [0, 0.05) is 34.2 Å². The van der Waals surface area contributed by atoms with E-state index in [1.54, 1.807) is 36.5 Å². The van der Waals surface area contributed by atoms with Gasteiger partial charge in [-0.3, -0.25) is 4.79 Å². The molecule has 8 heteroatoms. The molecular formula is C22H17ClN6O. The molecule has 4 rings (SSSR count). The van der Waals surface area contributed by atoms with Crippen LogP contribution in [0.2, 0.25) is 5.02 Å². The summed E-state index contributed by atoms with van der Waals surface area (Å²) in [4.78, 5) is 24.9. The van der Waals surface area contributed by atoms with Crippen LogP contribution in [0, 0.1) is 0 Å². The second-order valence-corrected chi connectivity index (χ2v) is 6.73. The topological polar surface area (TPSA) is 91.8 Å². The predicted octanol–water partition coefficient (Wildman–Crippen LogP) is 5.26. The smallest absolute Gasteiger partial charge is 0.255 e. The number of hydrogen-bond acceptors (Lipinski definition) is 6. The normalized spacial score (nSPS) is 10.3. The summed E-state index contributed by atoms with van der Waals surface area (Å²) >= 11 is 5.86. The quantitative estimate of drug-likeness (QED) is 0.397. The number of pyridine rings is 1. The monoisotopic (exact) mass is 416 g/mol. The van der Waals surface area contributed by atoms with E-state index < -0.39 is 0 Å². The lowest BCUT2D eigenvalue weighted by molar-refractivity contribution is 0.102. The van der Waals surface area contributed by atoms with Gasteiger partial charge in [0.15, 0.2) is 0 Å². The molecule has 2 aromatic heterocycles. The van der Waals surface area contributed by atoms with Gasteiger partial charge in [-0.2, -0.15) is 0 Å². The number of rotatable bonds is 6. The number of nitrogens with zero attached hydrogens (tertiary/aromatic N) is 3. The summed E-state index contributed by atoms with van der Waals surface area (Å²) < 4.78 is 0. The third-order valence-electron chi connectivity index (χ3n) is 4.11. The van der Waals surface area contributed by atoms with Gasteiger partial charge in [0.2, 0.25) is 0 Å². The Labute approximate surface area is 178 Å². The summed E-state index contributed by atoms with van der Waals surface area (Å²) in [5.41, 5.74) is 2.04. The van der Waals surface area contributed by atoms with Crippen LogP contribution in [0.1, 0.15) is 10.4 Å². The fourth-order valence-corrected chi connectivity index (χ4v) is 2.78. The van der Waals surface area contributed by atoms with Crippen LogP contribution in [0.3, 0.4) is 0 Å². The Morgan fingerprint density at radius 2 is 1.43 bits per heavy atom. The molecule has 2 heterocycles. The van der Waals surface area contributed by atoms with Gasteiger partial charge in [0.1, 0.15) is 23.8 Å². The Morgan fingerprint density at radius 3 is 2.13 bits per heavy atom. The molecule has 7 nitrogen and oxygen atoms in total. The molecular weight excluding hydrogens is 400 g/mol. The highest BCUT2D eigenvalue weighted by atomic mass is 35.5. The lowest BCUT2D eigenvalue weighted by atomic mass is 10.2. The highest BCUT2D eigenvalue weighted by molar-refractivity contribution is 6.30. The number of anilines is 5. The molecule has 30 heavy (non-hydrogen) atoms. The maximum atomic E-state index is 12.3. The first-order chi connectivity index (χ1) is 14.7.